The molecule has 0 aliphatic heterocycles. The van der Waals surface area contributed by atoms with Crippen LogP contribution in [0, 0.1) is 5.95 Å². The van der Waals surface area contributed by atoms with Gasteiger partial charge in [-0.2, -0.15) is 9.49 Å². The lowest BCUT2D eigenvalue weighted by Crippen LogP contribution is -2.13. The van der Waals surface area contributed by atoms with Crippen molar-refractivity contribution in [2.24, 2.45) is 0 Å². The van der Waals surface area contributed by atoms with Crippen LogP contribution in [0.15, 0.2) is 24.4 Å². The smallest absolute Gasteiger partial charge is 0.206 e. The number of aromatic nitrogens is 2. The minimum atomic E-state index is -0.321. The third-order valence-corrected chi connectivity index (χ3v) is 2.32. The fourth-order valence-corrected chi connectivity index (χ4v) is 1.62. The topological polar surface area (TPSA) is 17.3 Å². The fraction of sp³-hybridized carbons (Fsp3) is 0.364. The Balaban J connectivity index is 2.80. The normalized spacial score (nSPS) is 12.3. The van der Waals surface area contributed by atoms with E-state index in [4.69, 9.17) is 0 Å². The van der Waals surface area contributed by atoms with Gasteiger partial charge in [0, 0.05) is 0 Å². The van der Waals surface area contributed by atoms with E-state index in [1.54, 1.807) is 6.20 Å². The molecule has 0 fully saturated rings. The molecule has 14 heavy (non-hydrogen) atoms. The molecule has 0 saturated heterocycles. The van der Waals surface area contributed by atoms with Crippen molar-refractivity contribution in [1.82, 2.24) is 9.61 Å². The summed E-state index contributed by atoms with van der Waals surface area (Å²) in [6.45, 7) is 6.31. The van der Waals surface area contributed by atoms with Gasteiger partial charge in [-0.05, 0) is 23.1 Å². The third kappa shape index (κ3) is 1.29. The Bertz CT molecular complexity index is 466. The van der Waals surface area contributed by atoms with Gasteiger partial charge in [0.2, 0.25) is 5.95 Å². The zero-order valence-corrected chi connectivity index (χ0v) is 8.58. The second-order valence-electron chi connectivity index (χ2n) is 4.45. The minimum Gasteiger partial charge on any atom is -0.206 e. The fourth-order valence-electron chi connectivity index (χ4n) is 1.62. The zero-order chi connectivity index (χ0) is 10.3. The Morgan fingerprint density at radius 1 is 1.21 bits per heavy atom. The molecule has 0 atom stereocenters. The standard InChI is InChI=1S/C11H13FN2/c1-11(2,3)8-4-5-10(12)14-9(8)6-7-13-14/h4-7H,1-3H3. The van der Waals surface area contributed by atoms with Crippen molar-refractivity contribution in [2.45, 2.75) is 26.2 Å². The average Bonchev–Trinajstić information content (AvgIpc) is 2.50. The number of hydrogen-bond donors (Lipinski definition) is 0. The lowest BCUT2D eigenvalue weighted by molar-refractivity contribution is 0.534. The van der Waals surface area contributed by atoms with E-state index in [0.29, 0.717) is 0 Å². The third-order valence-electron chi connectivity index (χ3n) is 2.32. The highest BCUT2D eigenvalue weighted by Gasteiger charge is 2.18. The van der Waals surface area contributed by atoms with Gasteiger partial charge >= 0.3 is 0 Å². The van der Waals surface area contributed by atoms with E-state index in [2.05, 4.69) is 25.9 Å². The van der Waals surface area contributed by atoms with Crippen molar-refractivity contribution in [2.75, 3.05) is 0 Å². The summed E-state index contributed by atoms with van der Waals surface area (Å²) in [4.78, 5) is 0. The summed E-state index contributed by atoms with van der Waals surface area (Å²) < 4.78 is 14.6. The summed E-state index contributed by atoms with van der Waals surface area (Å²) in [6, 6.07) is 5.12. The summed E-state index contributed by atoms with van der Waals surface area (Å²) in [7, 11) is 0. The Hall–Kier alpha value is -1.38. The number of hydrogen-bond acceptors (Lipinski definition) is 1. The largest absolute Gasteiger partial charge is 0.214 e. The van der Waals surface area contributed by atoms with Crippen LogP contribution < -0.4 is 0 Å². The molecule has 0 aliphatic carbocycles. The second kappa shape index (κ2) is 2.80. The summed E-state index contributed by atoms with van der Waals surface area (Å²) >= 11 is 0. The molecule has 0 radical (unpaired) electrons. The quantitative estimate of drug-likeness (QED) is 0.587. The molecule has 2 nitrogen and oxygen atoms in total. The van der Waals surface area contributed by atoms with Crippen LogP contribution in [0.4, 0.5) is 4.39 Å². The van der Waals surface area contributed by atoms with Crippen LogP contribution in [-0.2, 0) is 5.41 Å². The van der Waals surface area contributed by atoms with Gasteiger partial charge < -0.3 is 0 Å². The van der Waals surface area contributed by atoms with Gasteiger partial charge in [-0.15, -0.1) is 0 Å². The minimum absolute atomic E-state index is 0.00891. The molecule has 0 saturated carbocycles. The van der Waals surface area contributed by atoms with Crippen molar-refractivity contribution in [1.29, 1.82) is 0 Å². The Morgan fingerprint density at radius 3 is 2.57 bits per heavy atom. The molecule has 2 rings (SSSR count). The number of pyridine rings is 1. The predicted molar refractivity (Wildman–Crippen MR) is 53.9 cm³/mol. The van der Waals surface area contributed by atoms with E-state index in [1.165, 1.54) is 10.6 Å². The molecule has 0 N–H and O–H groups in total. The van der Waals surface area contributed by atoms with Gasteiger partial charge in [0.25, 0.3) is 0 Å². The van der Waals surface area contributed by atoms with Gasteiger partial charge in [-0.25, -0.2) is 4.52 Å². The van der Waals surface area contributed by atoms with Crippen LogP contribution in [0.5, 0.6) is 0 Å². The van der Waals surface area contributed by atoms with Gasteiger partial charge in [0.15, 0.2) is 0 Å². The first-order chi connectivity index (χ1) is 6.50. The molecule has 2 heterocycles. The Morgan fingerprint density at radius 2 is 1.93 bits per heavy atom. The highest BCUT2D eigenvalue weighted by atomic mass is 19.1. The predicted octanol–water partition coefficient (Wildman–Crippen LogP) is 2.77. The Labute approximate surface area is 82.4 Å². The molecule has 0 aliphatic rings. The van der Waals surface area contributed by atoms with Gasteiger partial charge in [-0.3, -0.25) is 0 Å². The molecule has 0 bridgehead atoms. The van der Waals surface area contributed by atoms with Gasteiger partial charge in [0.05, 0.1) is 11.7 Å². The number of rotatable bonds is 0. The summed E-state index contributed by atoms with van der Waals surface area (Å²) in [5.74, 6) is -0.321. The second-order valence-corrected chi connectivity index (χ2v) is 4.45. The molecular weight excluding hydrogens is 179 g/mol. The number of nitrogens with zero attached hydrogens (tertiary/aromatic N) is 2. The maximum Gasteiger partial charge on any atom is 0.214 e. The molecule has 0 spiro atoms. The van der Waals surface area contributed by atoms with Crippen molar-refractivity contribution < 1.29 is 4.39 Å². The van der Waals surface area contributed by atoms with Crippen LogP contribution in [0.1, 0.15) is 26.3 Å². The van der Waals surface area contributed by atoms with Crippen LogP contribution in [0.25, 0.3) is 5.52 Å². The summed E-state index contributed by atoms with van der Waals surface area (Å²) in [5.41, 5.74) is 1.96. The first-order valence-corrected chi connectivity index (χ1v) is 4.63. The molecule has 0 aromatic carbocycles. The summed E-state index contributed by atoms with van der Waals surface area (Å²) in [5, 5.41) is 3.93. The van der Waals surface area contributed by atoms with E-state index in [1.807, 2.05) is 12.1 Å². The van der Waals surface area contributed by atoms with E-state index in [9.17, 15) is 4.39 Å². The summed E-state index contributed by atoms with van der Waals surface area (Å²) in [6.07, 6.45) is 1.62. The number of halogens is 1. The van der Waals surface area contributed by atoms with E-state index in [-0.39, 0.29) is 11.4 Å². The lowest BCUT2D eigenvalue weighted by Gasteiger charge is -2.19. The molecule has 0 amide bonds. The van der Waals surface area contributed by atoms with Crippen LogP contribution in [-0.4, -0.2) is 9.61 Å². The first-order valence-electron chi connectivity index (χ1n) is 4.63. The highest BCUT2D eigenvalue weighted by molar-refractivity contribution is 5.56. The van der Waals surface area contributed by atoms with Gasteiger partial charge in [0.1, 0.15) is 0 Å². The number of fused-ring (bicyclic) bond motifs is 1. The molecular formula is C11H13FN2. The molecule has 2 aromatic rings. The molecule has 3 heteroatoms. The zero-order valence-electron chi connectivity index (χ0n) is 8.58. The monoisotopic (exact) mass is 192 g/mol. The average molecular weight is 192 g/mol. The Kier molecular flexibility index (Phi) is 1.84. The van der Waals surface area contributed by atoms with E-state index < -0.39 is 0 Å². The maximum absolute atomic E-state index is 13.3. The van der Waals surface area contributed by atoms with Crippen molar-refractivity contribution in [3.63, 3.8) is 0 Å². The van der Waals surface area contributed by atoms with Crippen molar-refractivity contribution in [3.8, 4) is 0 Å². The van der Waals surface area contributed by atoms with Crippen LogP contribution in [0.2, 0.25) is 0 Å². The van der Waals surface area contributed by atoms with Crippen molar-refractivity contribution >= 4 is 5.52 Å². The van der Waals surface area contributed by atoms with Gasteiger partial charge in [-0.1, -0.05) is 26.8 Å². The molecule has 74 valence electrons. The highest BCUT2D eigenvalue weighted by Crippen LogP contribution is 2.26. The van der Waals surface area contributed by atoms with Crippen LogP contribution in [0.3, 0.4) is 0 Å². The first kappa shape index (κ1) is 9.19. The SMILES string of the molecule is CC(C)(C)c1ccc(F)n2nccc12. The van der Waals surface area contributed by atoms with E-state index >= 15 is 0 Å². The maximum atomic E-state index is 13.3. The molecule has 0 unspecified atom stereocenters. The molecule has 2 aromatic heterocycles. The van der Waals surface area contributed by atoms with Crippen LogP contribution >= 0.6 is 0 Å². The lowest BCUT2D eigenvalue weighted by atomic mass is 9.87. The van der Waals surface area contributed by atoms with E-state index in [0.717, 1.165) is 11.1 Å². The van der Waals surface area contributed by atoms with Crippen molar-refractivity contribution in [3.05, 3.63) is 35.9 Å².